The lowest BCUT2D eigenvalue weighted by Crippen LogP contribution is -2.55. The van der Waals surface area contributed by atoms with E-state index in [0.717, 1.165) is 55.2 Å². The zero-order valence-corrected chi connectivity index (χ0v) is 26.2. The Morgan fingerprint density at radius 2 is 1.49 bits per heavy atom. The Morgan fingerprint density at radius 1 is 0.854 bits per heavy atom. The number of benzene rings is 2. The minimum Gasteiger partial charge on any atom is -0.444 e. The topological polar surface area (TPSA) is 87.7 Å². The van der Waals surface area contributed by atoms with Crippen LogP contribution in [0.2, 0.25) is 0 Å². The molecule has 2 rings (SSSR count). The SMILES string of the molecule is CCCCCCCN(C(=O)C(NC(=O)OC(C)(C)C)C(C)C)C(C(=O)NCc1ccccc1)c1ccc(CC)cc1. The average molecular weight is 566 g/mol. The van der Waals surface area contributed by atoms with Gasteiger partial charge in [0.05, 0.1) is 0 Å². The van der Waals surface area contributed by atoms with E-state index in [4.69, 9.17) is 4.74 Å². The summed E-state index contributed by atoms with van der Waals surface area (Å²) < 4.78 is 5.48. The predicted molar refractivity (Wildman–Crippen MR) is 165 cm³/mol. The first-order chi connectivity index (χ1) is 19.5. The number of hydrogen-bond acceptors (Lipinski definition) is 4. The maximum atomic E-state index is 14.3. The lowest BCUT2D eigenvalue weighted by atomic mass is 9.97. The van der Waals surface area contributed by atoms with Crippen LogP contribution in [0.3, 0.4) is 0 Å². The molecule has 0 bridgehead atoms. The molecule has 0 heterocycles. The highest BCUT2D eigenvalue weighted by molar-refractivity contribution is 5.92. The fraction of sp³-hybridized carbons (Fsp3) is 0.559. The third kappa shape index (κ3) is 11.6. The van der Waals surface area contributed by atoms with Crippen molar-refractivity contribution in [2.75, 3.05) is 6.54 Å². The summed E-state index contributed by atoms with van der Waals surface area (Å²) in [5.74, 6) is -0.756. The fourth-order valence-corrected chi connectivity index (χ4v) is 4.67. The van der Waals surface area contributed by atoms with E-state index in [1.54, 1.807) is 25.7 Å². The van der Waals surface area contributed by atoms with E-state index in [2.05, 4.69) is 24.5 Å². The van der Waals surface area contributed by atoms with Crippen molar-refractivity contribution in [3.8, 4) is 0 Å². The average Bonchev–Trinajstić information content (AvgIpc) is 2.93. The maximum absolute atomic E-state index is 14.3. The van der Waals surface area contributed by atoms with Crippen LogP contribution in [0.15, 0.2) is 54.6 Å². The van der Waals surface area contributed by atoms with Gasteiger partial charge in [0.25, 0.3) is 0 Å². The second-order valence-corrected chi connectivity index (χ2v) is 12.0. The molecule has 0 aliphatic carbocycles. The van der Waals surface area contributed by atoms with Crippen molar-refractivity contribution in [2.24, 2.45) is 5.92 Å². The molecule has 3 amide bonds. The van der Waals surface area contributed by atoms with Gasteiger partial charge in [-0.3, -0.25) is 9.59 Å². The summed E-state index contributed by atoms with van der Waals surface area (Å²) >= 11 is 0. The number of ether oxygens (including phenoxy) is 1. The standard InChI is InChI=1S/C34H51N3O4/c1-8-10-11-12-16-23-37(32(39)29(25(3)4)36-33(40)41-34(5,6)7)30(28-21-19-26(9-2)20-22-28)31(38)35-24-27-17-14-13-15-18-27/h13-15,17-22,25,29-30H,8-12,16,23-24H2,1-7H3,(H,35,38)(H,36,40). The largest absolute Gasteiger partial charge is 0.444 e. The third-order valence-corrected chi connectivity index (χ3v) is 6.96. The van der Waals surface area contributed by atoms with Crippen molar-refractivity contribution in [3.63, 3.8) is 0 Å². The first kappa shape index (κ1) is 33.9. The number of hydrogen-bond donors (Lipinski definition) is 2. The molecule has 2 aromatic rings. The second-order valence-electron chi connectivity index (χ2n) is 12.0. The maximum Gasteiger partial charge on any atom is 0.408 e. The molecule has 0 radical (unpaired) electrons. The summed E-state index contributed by atoms with van der Waals surface area (Å²) in [5.41, 5.74) is 2.18. The number of carbonyl (C=O) groups is 3. The van der Waals surface area contributed by atoms with Gasteiger partial charge in [0.2, 0.25) is 11.8 Å². The number of rotatable bonds is 15. The van der Waals surface area contributed by atoms with Gasteiger partial charge in [-0.1, -0.05) is 108 Å². The Bertz CT molecular complexity index is 1080. The summed E-state index contributed by atoms with van der Waals surface area (Å²) in [6, 6.07) is 15.9. The van der Waals surface area contributed by atoms with Gasteiger partial charge >= 0.3 is 6.09 Å². The molecule has 2 unspecified atom stereocenters. The van der Waals surface area contributed by atoms with Crippen LogP contribution in [0, 0.1) is 5.92 Å². The molecule has 2 N–H and O–H groups in total. The number of amides is 3. The van der Waals surface area contributed by atoms with Crippen LogP contribution in [0.1, 0.15) is 103 Å². The van der Waals surface area contributed by atoms with E-state index < -0.39 is 23.8 Å². The van der Waals surface area contributed by atoms with Crippen molar-refractivity contribution in [1.29, 1.82) is 0 Å². The van der Waals surface area contributed by atoms with E-state index in [9.17, 15) is 14.4 Å². The molecule has 2 aromatic carbocycles. The van der Waals surface area contributed by atoms with Crippen LogP contribution in [0.25, 0.3) is 0 Å². The number of aryl methyl sites for hydroxylation is 1. The molecule has 0 saturated carbocycles. The van der Waals surface area contributed by atoms with Crippen LogP contribution in [0.4, 0.5) is 4.79 Å². The molecule has 0 fully saturated rings. The van der Waals surface area contributed by atoms with E-state index >= 15 is 0 Å². The van der Waals surface area contributed by atoms with Gasteiger partial charge in [0, 0.05) is 13.1 Å². The van der Waals surface area contributed by atoms with Crippen LogP contribution in [0.5, 0.6) is 0 Å². The smallest absolute Gasteiger partial charge is 0.408 e. The van der Waals surface area contributed by atoms with Gasteiger partial charge in [-0.25, -0.2) is 4.79 Å². The van der Waals surface area contributed by atoms with Crippen LogP contribution >= 0.6 is 0 Å². The Labute approximate surface area is 247 Å². The summed E-state index contributed by atoms with van der Waals surface area (Å²) in [6.45, 7) is 14.1. The van der Waals surface area contributed by atoms with Crippen LogP contribution < -0.4 is 10.6 Å². The minimum atomic E-state index is -0.847. The number of nitrogens with one attached hydrogen (secondary N) is 2. The molecule has 0 saturated heterocycles. The number of unbranched alkanes of at least 4 members (excludes halogenated alkanes) is 4. The highest BCUT2D eigenvalue weighted by Crippen LogP contribution is 2.26. The summed E-state index contributed by atoms with van der Waals surface area (Å²) in [5, 5.41) is 5.87. The monoisotopic (exact) mass is 565 g/mol. The quantitative estimate of drug-likeness (QED) is 0.229. The van der Waals surface area contributed by atoms with Gasteiger partial charge in [0.15, 0.2) is 0 Å². The Hall–Kier alpha value is -3.35. The molecular formula is C34H51N3O4. The van der Waals surface area contributed by atoms with Crippen LogP contribution in [-0.4, -0.2) is 41.0 Å². The molecule has 0 aliphatic heterocycles. The van der Waals surface area contributed by atoms with Crippen molar-refractivity contribution >= 4 is 17.9 Å². The van der Waals surface area contributed by atoms with Crippen molar-refractivity contribution in [2.45, 2.75) is 111 Å². The van der Waals surface area contributed by atoms with E-state index in [0.29, 0.717) is 13.1 Å². The fourth-order valence-electron chi connectivity index (χ4n) is 4.67. The zero-order valence-electron chi connectivity index (χ0n) is 26.2. The number of alkyl carbamates (subject to hydrolysis) is 1. The first-order valence-corrected chi connectivity index (χ1v) is 15.2. The van der Waals surface area contributed by atoms with Crippen LogP contribution in [-0.2, 0) is 27.3 Å². The lowest BCUT2D eigenvalue weighted by molar-refractivity contribution is -0.143. The van der Waals surface area contributed by atoms with E-state index in [1.165, 1.54) is 0 Å². The summed E-state index contributed by atoms with van der Waals surface area (Å²) in [6.07, 6.45) is 5.26. The normalized spacial score (nSPS) is 12.9. The van der Waals surface area contributed by atoms with Gasteiger partial charge < -0.3 is 20.3 Å². The predicted octanol–water partition coefficient (Wildman–Crippen LogP) is 6.95. The van der Waals surface area contributed by atoms with Crippen molar-refractivity contribution < 1.29 is 19.1 Å². The number of carbonyl (C=O) groups excluding carboxylic acids is 3. The molecule has 0 spiro atoms. The van der Waals surface area contributed by atoms with Gasteiger partial charge in [-0.15, -0.1) is 0 Å². The second kappa shape index (κ2) is 16.8. The lowest BCUT2D eigenvalue weighted by Gasteiger charge is -2.35. The van der Waals surface area contributed by atoms with E-state index in [-0.39, 0.29) is 17.7 Å². The Balaban J connectivity index is 2.46. The van der Waals surface area contributed by atoms with Gasteiger partial charge in [0.1, 0.15) is 17.7 Å². The molecule has 226 valence electrons. The minimum absolute atomic E-state index is 0.215. The summed E-state index contributed by atoms with van der Waals surface area (Å²) in [7, 11) is 0. The highest BCUT2D eigenvalue weighted by atomic mass is 16.6. The Kier molecular flexibility index (Phi) is 13.9. The van der Waals surface area contributed by atoms with Gasteiger partial charge in [-0.05, 0) is 56.2 Å². The number of nitrogens with zero attached hydrogens (tertiary/aromatic N) is 1. The molecular weight excluding hydrogens is 514 g/mol. The molecule has 0 aliphatic rings. The Morgan fingerprint density at radius 3 is 2.05 bits per heavy atom. The van der Waals surface area contributed by atoms with Crippen molar-refractivity contribution in [1.82, 2.24) is 15.5 Å². The zero-order chi connectivity index (χ0) is 30.4. The third-order valence-electron chi connectivity index (χ3n) is 6.96. The van der Waals surface area contributed by atoms with Crippen molar-refractivity contribution in [3.05, 3.63) is 71.3 Å². The van der Waals surface area contributed by atoms with E-state index in [1.807, 2.05) is 68.4 Å². The molecule has 7 heteroatoms. The summed E-state index contributed by atoms with van der Waals surface area (Å²) in [4.78, 5) is 42.7. The molecule has 0 aromatic heterocycles. The molecule has 2 atom stereocenters. The molecule has 7 nitrogen and oxygen atoms in total. The van der Waals surface area contributed by atoms with Gasteiger partial charge in [-0.2, -0.15) is 0 Å². The highest BCUT2D eigenvalue weighted by Gasteiger charge is 2.37. The molecule has 41 heavy (non-hydrogen) atoms. The first-order valence-electron chi connectivity index (χ1n) is 15.2.